The zero-order valence-corrected chi connectivity index (χ0v) is 11.4. The number of benzene rings is 1. The third-order valence-corrected chi connectivity index (χ3v) is 3.14. The molecule has 4 nitrogen and oxygen atoms in total. The van der Waals surface area contributed by atoms with Crippen molar-refractivity contribution < 1.29 is 4.39 Å². The third kappa shape index (κ3) is 2.34. The number of halogens is 1. The van der Waals surface area contributed by atoms with Crippen LogP contribution in [0.3, 0.4) is 0 Å². The number of nitrogens with zero attached hydrogens (tertiary/aromatic N) is 2. The highest BCUT2D eigenvalue weighted by atomic mass is 19.1. The smallest absolute Gasteiger partial charge is 0.143 e. The molecule has 0 radical (unpaired) electrons. The SMILES string of the molecule is Cc1nc(NCc2ccccc2F)c2cc(C)[nH]c2n1. The van der Waals surface area contributed by atoms with Gasteiger partial charge in [-0.1, -0.05) is 18.2 Å². The summed E-state index contributed by atoms with van der Waals surface area (Å²) in [5.74, 6) is 1.18. The van der Waals surface area contributed by atoms with E-state index >= 15 is 0 Å². The first-order chi connectivity index (χ1) is 9.63. The summed E-state index contributed by atoms with van der Waals surface area (Å²) in [6.45, 7) is 4.20. The molecule has 0 spiro atoms. The highest BCUT2D eigenvalue weighted by molar-refractivity contribution is 5.87. The van der Waals surface area contributed by atoms with Gasteiger partial charge in [-0.25, -0.2) is 14.4 Å². The Morgan fingerprint density at radius 2 is 2.00 bits per heavy atom. The van der Waals surface area contributed by atoms with Crippen LogP contribution in [0.25, 0.3) is 11.0 Å². The minimum Gasteiger partial charge on any atom is -0.365 e. The van der Waals surface area contributed by atoms with Crippen molar-refractivity contribution in [3.63, 3.8) is 0 Å². The summed E-state index contributed by atoms with van der Waals surface area (Å²) < 4.78 is 13.6. The van der Waals surface area contributed by atoms with Crippen LogP contribution < -0.4 is 5.32 Å². The largest absolute Gasteiger partial charge is 0.365 e. The van der Waals surface area contributed by atoms with E-state index in [0.29, 0.717) is 17.9 Å². The van der Waals surface area contributed by atoms with Gasteiger partial charge in [-0.15, -0.1) is 0 Å². The van der Waals surface area contributed by atoms with Gasteiger partial charge in [0.25, 0.3) is 0 Å². The van der Waals surface area contributed by atoms with Gasteiger partial charge in [-0.05, 0) is 26.0 Å². The van der Waals surface area contributed by atoms with Crippen LogP contribution in [0.5, 0.6) is 0 Å². The molecule has 0 aliphatic carbocycles. The molecule has 20 heavy (non-hydrogen) atoms. The number of anilines is 1. The Labute approximate surface area is 116 Å². The maximum absolute atomic E-state index is 13.6. The fraction of sp³-hybridized carbons (Fsp3) is 0.200. The Kier molecular flexibility index (Phi) is 3.10. The Balaban J connectivity index is 1.93. The van der Waals surface area contributed by atoms with Crippen molar-refractivity contribution in [3.05, 3.63) is 53.2 Å². The summed E-state index contributed by atoms with van der Waals surface area (Å²) in [5.41, 5.74) is 2.43. The summed E-state index contributed by atoms with van der Waals surface area (Å²) in [5, 5.41) is 4.11. The standard InChI is InChI=1S/C15H15FN4/c1-9-7-12-14(19-10(2)20-15(12)18-9)17-8-11-5-3-4-6-13(11)16/h3-7H,8H2,1-2H3,(H2,17,18,19,20). The number of rotatable bonds is 3. The van der Waals surface area contributed by atoms with Crippen LogP contribution in [-0.2, 0) is 6.54 Å². The average molecular weight is 270 g/mol. The Hall–Kier alpha value is -2.43. The molecule has 0 saturated heterocycles. The first-order valence-electron chi connectivity index (χ1n) is 6.45. The molecular formula is C15H15FN4. The van der Waals surface area contributed by atoms with Gasteiger partial charge in [0, 0.05) is 17.8 Å². The summed E-state index contributed by atoms with van der Waals surface area (Å²) in [6.07, 6.45) is 0. The second kappa shape index (κ2) is 4.92. The van der Waals surface area contributed by atoms with Crippen LogP contribution in [0.15, 0.2) is 30.3 Å². The maximum atomic E-state index is 13.6. The molecule has 2 heterocycles. The highest BCUT2D eigenvalue weighted by Crippen LogP contribution is 2.22. The minimum absolute atomic E-state index is 0.215. The molecule has 0 bridgehead atoms. The molecule has 1 aromatic carbocycles. The first-order valence-corrected chi connectivity index (χ1v) is 6.45. The van der Waals surface area contributed by atoms with Gasteiger partial charge in [-0.3, -0.25) is 0 Å². The molecule has 3 rings (SSSR count). The van der Waals surface area contributed by atoms with Crippen LogP contribution in [0.1, 0.15) is 17.1 Å². The second-order valence-corrected chi connectivity index (χ2v) is 4.78. The van der Waals surface area contributed by atoms with Crippen molar-refractivity contribution in [2.24, 2.45) is 0 Å². The molecule has 0 aliphatic heterocycles. The molecule has 0 fully saturated rings. The predicted octanol–water partition coefficient (Wildman–Crippen LogP) is 3.33. The van der Waals surface area contributed by atoms with Crippen molar-refractivity contribution >= 4 is 16.9 Å². The average Bonchev–Trinajstić information content (AvgIpc) is 2.77. The summed E-state index contributed by atoms with van der Waals surface area (Å²) >= 11 is 0. The molecule has 0 saturated carbocycles. The monoisotopic (exact) mass is 270 g/mol. The highest BCUT2D eigenvalue weighted by Gasteiger charge is 2.09. The van der Waals surface area contributed by atoms with E-state index in [-0.39, 0.29) is 5.82 Å². The first kappa shape index (κ1) is 12.6. The number of aryl methyl sites for hydroxylation is 2. The lowest BCUT2D eigenvalue weighted by atomic mass is 10.2. The van der Waals surface area contributed by atoms with Gasteiger partial charge in [0.1, 0.15) is 23.1 Å². The normalized spacial score (nSPS) is 10.9. The van der Waals surface area contributed by atoms with Crippen LogP contribution in [0.2, 0.25) is 0 Å². The minimum atomic E-state index is -0.215. The third-order valence-electron chi connectivity index (χ3n) is 3.14. The Morgan fingerprint density at radius 1 is 1.20 bits per heavy atom. The molecule has 2 N–H and O–H groups in total. The zero-order valence-electron chi connectivity index (χ0n) is 11.4. The number of H-pyrrole nitrogens is 1. The van der Waals surface area contributed by atoms with Crippen LogP contribution in [0.4, 0.5) is 10.2 Å². The number of hydrogen-bond donors (Lipinski definition) is 2. The summed E-state index contributed by atoms with van der Waals surface area (Å²) in [6, 6.07) is 8.70. The van der Waals surface area contributed by atoms with Crippen molar-refractivity contribution in [3.8, 4) is 0 Å². The van der Waals surface area contributed by atoms with Crippen LogP contribution >= 0.6 is 0 Å². The quantitative estimate of drug-likeness (QED) is 0.767. The number of aromatic nitrogens is 3. The van der Waals surface area contributed by atoms with Gasteiger partial charge in [0.05, 0.1) is 5.39 Å². The molecule has 2 aromatic heterocycles. The number of hydrogen-bond acceptors (Lipinski definition) is 3. The Bertz CT molecular complexity index is 764. The van der Waals surface area contributed by atoms with Crippen LogP contribution in [0, 0.1) is 19.7 Å². The van der Waals surface area contributed by atoms with Gasteiger partial charge in [0.2, 0.25) is 0 Å². The Morgan fingerprint density at radius 3 is 2.80 bits per heavy atom. The van der Waals surface area contributed by atoms with E-state index in [0.717, 1.165) is 22.5 Å². The van der Waals surface area contributed by atoms with Gasteiger partial charge < -0.3 is 10.3 Å². The molecular weight excluding hydrogens is 255 g/mol. The lowest BCUT2D eigenvalue weighted by Crippen LogP contribution is -2.05. The second-order valence-electron chi connectivity index (χ2n) is 4.78. The lowest BCUT2D eigenvalue weighted by Gasteiger charge is -2.08. The number of fused-ring (bicyclic) bond motifs is 1. The molecule has 3 aromatic rings. The van der Waals surface area contributed by atoms with E-state index in [1.54, 1.807) is 12.1 Å². The van der Waals surface area contributed by atoms with Crippen molar-refractivity contribution in [1.29, 1.82) is 0 Å². The molecule has 5 heteroatoms. The van der Waals surface area contributed by atoms with Crippen LogP contribution in [-0.4, -0.2) is 15.0 Å². The van der Waals surface area contributed by atoms with E-state index in [4.69, 9.17) is 0 Å². The van der Waals surface area contributed by atoms with Gasteiger partial charge >= 0.3 is 0 Å². The van der Waals surface area contributed by atoms with Gasteiger partial charge in [0.15, 0.2) is 0 Å². The molecule has 0 amide bonds. The molecule has 0 atom stereocenters. The lowest BCUT2D eigenvalue weighted by molar-refractivity contribution is 0.613. The molecule has 0 aliphatic rings. The summed E-state index contributed by atoms with van der Waals surface area (Å²) in [4.78, 5) is 11.9. The predicted molar refractivity (Wildman–Crippen MR) is 77.1 cm³/mol. The molecule has 0 unspecified atom stereocenters. The summed E-state index contributed by atoms with van der Waals surface area (Å²) in [7, 11) is 0. The fourth-order valence-corrected chi connectivity index (χ4v) is 2.21. The fourth-order valence-electron chi connectivity index (χ4n) is 2.21. The van der Waals surface area contributed by atoms with Crippen molar-refractivity contribution in [2.75, 3.05) is 5.32 Å². The van der Waals surface area contributed by atoms with E-state index in [9.17, 15) is 4.39 Å². The zero-order chi connectivity index (χ0) is 14.1. The number of aromatic amines is 1. The van der Waals surface area contributed by atoms with E-state index < -0.39 is 0 Å². The van der Waals surface area contributed by atoms with E-state index in [2.05, 4.69) is 20.3 Å². The van der Waals surface area contributed by atoms with Crippen molar-refractivity contribution in [2.45, 2.75) is 20.4 Å². The van der Waals surface area contributed by atoms with E-state index in [1.165, 1.54) is 6.07 Å². The molecule has 102 valence electrons. The topological polar surface area (TPSA) is 53.6 Å². The number of nitrogens with one attached hydrogen (secondary N) is 2. The maximum Gasteiger partial charge on any atom is 0.143 e. The van der Waals surface area contributed by atoms with Gasteiger partial charge in [-0.2, -0.15) is 0 Å². The van der Waals surface area contributed by atoms with Crippen molar-refractivity contribution in [1.82, 2.24) is 15.0 Å². The van der Waals surface area contributed by atoms with E-state index in [1.807, 2.05) is 26.0 Å².